The molecule has 0 saturated carbocycles. The maximum Gasteiger partial charge on any atom is 0.255 e. The molecule has 1 fully saturated rings. The molecule has 2 aromatic heterocycles. The number of pyridine rings is 2. The Morgan fingerprint density at radius 2 is 2.14 bits per heavy atom. The van der Waals surface area contributed by atoms with Crippen LogP contribution in [0.4, 0.5) is 4.39 Å². The lowest BCUT2D eigenvalue weighted by Crippen LogP contribution is -2.20. The van der Waals surface area contributed by atoms with Gasteiger partial charge in [-0.25, -0.2) is 9.37 Å². The molecular formula is C16H19FN2O3. The van der Waals surface area contributed by atoms with Gasteiger partial charge in [-0.3, -0.25) is 4.79 Å². The van der Waals surface area contributed by atoms with Crippen molar-refractivity contribution in [1.29, 1.82) is 0 Å². The van der Waals surface area contributed by atoms with Crippen LogP contribution in [0.2, 0.25) is 0 Å². The second kappa shape index (κ2) is 5.44. The van der Waals surface area contributed by atoms with Gasteiger partial charge in [0.15, 0.2) is 0 Å². The monoisotopic (exact) mass is 306 g/mol. The molecule has 2 aromatic rings. The van der Waals surface area contributed by atoms with Crippen LogP contribution >= 0.6 is 0 Å². The van der Waals surface area contributed by atoms with E-state index in [0.717, 1.165) is 6.20 Å². The fraction of sp³-hybridized carbons (Fsp3) is 0.500. The Labute approximate surface area is 127 Å². The molecule has 118 valence electrons. The van der Waals surface area contributed by atoms with Gasteiger partial charge in [0, 0.05) is 10.9 Å². The van der Waals surface area contributed by atoms with E-state index in [2.05, 4.69) is 9.97 Å². The third-order valence-electron chi connectivity index (χ3n) is 4.82. The summed E-state index contributed by atoms with van der Waals surface area (Å²) in [6.07, 6.45) is 0.399. The number of aryl methyl sites for hydroxylation is 1. The number of rotatable bonds is 2. The molecule has 0 aromatic carbocycles. The summed E-state index contributed by atoms with van der Waals surface area (Å²) in [5.41, 5.74) is 0.983. The fourth-order valence-electron chi connectivity index (χ4n) is 3.10. The predicted octanol–water partition coefficient (Wildman–Crippen LogP) is 2.08. The second-order valence-electron chi connectivity index (χ2n) is 6.04. The molecule has 22 heavy (non-hydrogen) atoms. The highest BCUT2D eigenvalue weighted by atomic mass is 19.1. The van der Waals surface area contributed by atoms with Crippen molar-refractivity contribution in [2.75, 3.05) is 6.61 Å². The van der Waals surface area contributed by atoms with E-state index in [-0.39, 0.29) is 30.1 Å². The molecule has 2 N–H and O–H groups in total. The first-order valence-electron chi connectivity index (χ1n) is 7.38. The van der Waals surface area contributed by atoms with Crippen LogP contribution < -0.4 is 5.56 Å². The zero-order valence-electron chi connectivity index (χ0n) is 12.8. The number of hydrogen-bond donors (Lipinski definition) is 2. The average Bonchev–Trinajstić information content (AvgIpc) is 2.79. The first kappa shape index (κ1) is 15.1. The van der Waals surface area contributed by atoms with Crippen molar-refractivity contribution in [3.8, 4) is 0 Å². The van der Waals surface area contributed by atoms with Gasteiger partial charge in [0.25, 0.3) is 5.56 Å². The van der Waals surface area contributed by atoms with Gasteiger partial charge in [-0.15, -0.1) is 0 Å². The molecule has 1 aliphatic heterocycles. The van der Waals surface area contributed by atoms with Crippen molar-refractivity contribution in [2.24, 2.45) is 11.8 Å². The number of halogens is 1. The van der Waals surface area contributed by atoms with Gasteiger partial charge in [-0.05, 0) is 30.4 Å². The molecule has 0 bridgehead atoms. The van der Waals surface area contributed by atoms with Crippen molar-refractivity contribution in [3.05, 3.63) is 39.6 Å². The molecule has 1 unspecified atom stereocenters. The zero-order valence-corrected chi connectivity index (χ0v) is 12.8. The minimum Gasteiger partial charge on any atom is -0.394 e. The summed E-state index contributed by atoms with van der Waals surface area (Å²) in [6, 6.07) is 1.66. The quantitative estimate of drug-likeness (QED) is 0.890. The number of nitrogens with one attached hydrogen (secondary N) is 1. The summed E-state index contributed by atoms with van der Waals surface area (Å²) in [4.78, 5) is 19.0. The Morgan fingerprint density at radius 1 is 1.41 bits per heavy atom. The summed E-state index contributed by atoms with van der Waals surface area (Å²) in [6.45, 7) is 5.56. The highest BCUT2D eigenvalue weighted by molar-refractivity contribution is 5.79. The molecule has 4 atom stereocenters. The van der Waals surface area contributed by atoms with E-state index in [9.17, 15) is 14.3 Å². The van der Waals surface area contributed by atoms with Crippen LogP contribution in [0.1, 0.15) is 31.1 Å². The lowest BCUT2D eigenvalue weighted by atomic mass is 9.87. The summed E-state index contributed by atoms with van der Waals surface area (Å²) in [5.74, 6) is -0.193. The van der Waals surface area contributed by atoms with Crippen LogP contribution in [-0.2, 0) is 4.74 Å². The van der Waals surface area contributed by atoms with Crippen LogP contribution in [0.15, 0.2) is 17.1 Å². The van der Waals surface area contributed by atoms with Gasteiger partial charge < -0.3 is 14.8 Å². The molecule has 1 aliphatic rings. The predicted molar refractivity (Wildman–Crippen MR) is 80.1 cm³/mol. The van der Waals surface area contributed by atoms with Crippen LogP contribution in [0.25, 0.3) is 11.0 Å². The van der Waals surface area contributed by atoms with Crippen LogP contribution in [0.3, 0.4) is 0 Å². The normalized spacial score (nSPS) is 28.4. The van der Waals surface area contributed by atoms with Crippen LogP contribution in [-0.4, -0.2) is 27.8 Å². The Bertz CT molecular complexity index is 774. The molecular weight excluding hydrogens is 287 g/mol. The number of ether oxygens (including phenoxy) is 1. The molecule has 6 heteroatoms. The summed E-state index contributed by atoms with van der Waals surface area (Å²) >= 11 is 0. The largest absolute Gasteiger partial charge is 0.394 e. The van der Waals surface area contributed by atoms with Crippen molar-refractivity contribution in [2.45, 2.75) is 33.0 Å². The lowest BCUT2D eigenvalue weighted by Gasteiger charge is -2.16. The molecule has 0 amide bonds. The number of nitrogens with zero attached hydrogens (tertiary/aromatic N) is 1. The molecule has 0 spiro atoms. The highest BCUT2D eigenvalue weighted by Crippen LogP contribution is 2.41. The maximum atomic E-state index is 13.7. The Balaban J connectivity index is 2.13. The van der Waals surface area contributed by atoms with Gasteiger partial charge in [-0.1, -0.05) is 13.8 Å². The van der Waals surface area contributed by atoms with Gasteiger partial charge in [-0.2, -0.15) is 0 Å². The van der Waals surface area contributed by atoms with Gasteiger partial charge in [0.1, 0.15) is 11.5 Å². The minimum absolute atomic E-state index is 0.0807. The second-order valence-corrected chi connectivity index (χ2v) is 6.04. The lowest BCUT2D eigenvalue weighted by molar-refractivity contribution is -0.00263. The Hall–Kier alpha value is -1.79. The zero-order chi connectivity index (χ0) is 16.0. The first-order valence-corrected chi connectivity index (χ1v) is 7.38. The van der Waals surface area contributed by atoms with E-state index in [1.807, 2.05) is 13.8 Å². The summed E-state index contributed by atoms with van der Waals surface area (Å²) in [7, 11) is 0. The minimum atomic E-state index is -0.414. The topological polar surface area (TPSA) is 75.2 Å². The van der Waals surface area contributed by atoms with E-state index in [4.69, 9.17) is 4.74 Å². The molecule has 5 nitrogen and oxygen atoms in total. The van der Waals surface area contributed by atoms with Crippen molar-refractivity contribution >= 4 is 11.0 Å². The van der Waals surface area contributed by atoms with Crippen LogP contribution in [0, 0.1) is 24.6 Å². The van der Waals surface area contributed by atoms with Crippen molar-refractivity contribution in [3.63, 3.8) is 0 Å². The number of fused-ring (bicyclic) bond motifs is 1. The summed E-state index contributed by atoms with van der Waals surface area (Å²) in [5, 5.41) is 9.94. The van der Waals surface area contributed by atoms with E-state index >= 15 is 0 Å². The van der Waals surface area contributed by atoms with Gasteiger partial charge in [0.2, 0.25) is 0 Å². The molecule has 3 rings (SSSR count). The first-order chi connectivity index (χ1) is 10.4. The van der Waals surface area contributed by atoms with Crippen molar-refractivity contribution in [1.82, 2.24) is 9.97 Å². The summed E-state index contributed by atoms with van der Waals surface area (Å²) < 4.78 is 19.5. The molecule has 0 radical (unpaired) electrons. The SMILES string of the molecule is Cc1c(F)cnc2[nH]c(=O)c([C@@H]3O[C@H](CO)C(C)[C@@H]3C)cc12. The van der Waals surface area contributed by atoms with E-state index < -0.39 is 11.9 Å². The van der Waals surface area contributed by atoms with Crippen molar-refractivity contribution < 1.29 is 14.2 Å². The number of aromatic nitrogens is 2. The molecule has 3 heterocycles. The fourth-order valence-corrected chi connectivity index (χ4v) is 3.10. The maximum absolute atomic E-state index is 13.7. The Kier molecular flexibility index (Phi) is 3.74. The third-order valence-corrected chi connectivity index (χ3v) is 4.82. The van der Waals surface area contributed by atoms with E-state index in [1.54, 1.807) is 13.0 Å². The van der Waals surface area contributed by atoms with Crippen LogP contribution in [0.5, 0.6) is 0 Å². The number of H-pyrrole nitrogens is 1. The standard InChI is InChI=1S/C16H19FN2O3/c1-7-8(2)14(22-13(7)6-20)11-4-10-9(3)12(17)5-18-15(10)19-16(11)21/h4-5,7-8,13-14,20H,6H2,1-3H3,(H,18,19,21)/t7?,8-,13+,14+/m0/s1. The number of aliphatic hydroxyl groups excluding tert-OH is 1. The van der Waals surface area contributed by atoms with Gasteiger partial charge >= 0.3 is 0 Å². The highest BCUT2D eigenvalue weighted by Gasteiger charge is 2.40. The van der Waals surface area contributed by atoms with E-state index in [0.29, 0.717) is 22.2 Å². The number of hydrogen-bond acceptors (Lipinski definition) is 4. The number of aromatic amines is 1. The third kappa shape index (κ3) is 2.23. The Morgan fingerprint density at radius 3 is 2.77 bits per heavy atom. The van der Waals surface area contributed by atoms with E-state index in [1.165, 1.54) is 0 Å². The smallest absolute Gasteiger partial charge is 0.255 e. The molecule has 1 saturated heterocycles. The number of aliphatic hydroxyl groups is 1. The average molecular weight is 306 g/mol. The molecule has 0 aliphatic carbocycles. The van der Waals surface area contributed by atoms with Gasteiger partial charge in [0.05, 0.1) is 25.0 Å².